The number of nitrogens with one attached hydrogen (secondary N) is 1. The van der Waals surface area contributed by atoms with Crippen LogP contribution in [-0.4, -0.2) is 46.0 Å². The maximum atomic E-state index is 12.5. The minimum absolute atomic E-state index is 0. The zero-order valence-corrected chi connectivity index (χ0v) is 14.8. The molecule has 2 heterocycles. The van der Waals surface area contributed by atoms with Crippen molar-refractivity contribution < 1.29 is 4.79 Å². The first-order chi connectivity index (χ1) is 11.1. The van der Waals surface area contributed by atoms with Crippen LogP contribution in [0.3, 0.4) is 0 Å². The van der Waals surface area contributed by atoms with Crippen LogP contribution in [-0.2, 0) is 11.3 Å². The second kappa shape index (κ2) is 7.77. The lowest BCUT2D eigenvalue weighted by atomic mass is 10.1. The number of nitrogens with zero attached hydrogens (tertiary/aromatic N) is 3. The minimum atomic E-state index is -0.0832. The molecule has 2 aromatic rings. The van der Waals surface area contributed by atoms with E-state index in [2.05, 4.69) is 17.2 Å². The van der Waals surface area contributed by atoms with E-state index in [-0.39, 0.29) is 23.9 Å². The fourth-order valence-corrected chi connectivity index (χ4v) is 3.03. The Morgan fingerprint density at radius 3 is 2.96 bits per heavy atom. The number of carbonyl (C=O) groups excluding carboxylic acids is 1. The van der Waals surface area contributed by atoms with Crippen LogP contribution < -0.4 is 10.9 Å². The van der Waals surface area contributed by atoms with Gasteiger partial charge < -0.3 is 10.2 Å². The van der Waals surface area contributed by atoms with Gasteiger partial charge in [0.15, 0.2) is 0 Å². The zero-order valence-electron chi connectivity index (χ0n) is 14.0. The van der Waals surface area contributed by atoms with Crippen molar-refractivity contribution in [2.45, 2.75) is 32.9 Å². The van der Waals surface area contributed by atoms with E-state index in [1.807, 2.05) is 24.0 Å². The van der Waals surface area contributed by atoms with E-state index in [1.165, 1.54) is 4.57 Å². The van der Waals surface area contributed by atoms with Gasteiger partial charge >= 0.3 is 0 Å². The first kappa shape index (κ1) is 18.4. The van der Waals surface area contributed by atoms with Crippen LogP contribution in [0.25, 0.3) is 10.9 Å². The average Bonchev–Trinajstić information content (AvgIpc) is 2.55. The molecule has 1 N–H and O–H groups in total. The van der Waals surface area contributed by atoms with Gasteiger partial charge in [0.1, 0.15) is 0 Å². The van der Waals surface area contributed by atoms with E-state index < -0.39 is 0 Å². The van der Waals surface area contributed by atoms with Crippen LogP contribution >= 0.6 is 12.4 Å². The summed E-state index contributed by atoms with van der Waals surface area (Å²) in [5.41, 5.74) is 1.63. The van der Waals surface area contributed by atoms with Crippen LogP contribution in [0.15, 0.2) is 29.3 Å². The monoisotopic (exact) mass is 350 g/mol. The number of carbonyl (C=O) groups is 1. The van der Waals surface area contributed by atoms with Crippen LogP contribution in [0.2, 0.25) is 0 Å². The largest absolute Gasteiger partial charge is 0.340 e. The summed E-state index contributed by atoms with van der Waals surface area (Å²) in [4.78, 5) is 31.1. The Hall–Kier alpha value is -1.92. The number of rotatable bonds is 3. The SMILES string of the molecule is Cc1cccc2c(=O)n(CCC(=O)N3CCNC(C)C3)cnc12.Cl. The molecule has 0 aliphatic carbocycles. The Balaban J connectivity index is 0.00000208. The van der Waals surface area contributed by atoms with Gasteiger partial charge in [-0.25, -0.2) is 4.98 Å². The fraction of sp³-hybridized carbons (Fsp3) is 0.471. The van der Waals surface area contributed by atoms with Gasteiger partial charge in [0.2, 0.25) is 5.91 Å². The highest BCUT2D eigenvalue weighted by atomic mass is 35.5. The summed E-state index contributed by atoms with van der Waals surface area (Å²) in [5.74, 6) is 0.0922. The van der Waals surface area contributed by atoms with Crippen molar-refractivity contribution in [1.29, 1.82) is 0 Å². The first-order valence-corrected chi connectivity index (χ1v) is 8.02. The molecule has 24 heavy (non-hydrogen) atoms. The number of para-hydroxylation sites is 1. The molecule has 0 spiro atoms. The molecule has 0 radical (unpaired) electrons. The quantitative estimate of drug-likeness (QED) is 0.907. The maximum absolute atomic E-state index is 12.5. The summed E-state index contributed by atoms with van der Waals surface area (Å²) in [7, 11) is 0. The van der Waals surface area contributed by atoms with Crippen molar-refractivity contribution in [3.05, 3.63) is 40.4 Å². The average molecular weight is 351 g/mol. The van der Waals surface area contributed by atoms with Gasteiger partial charge in [-0.2, -0.15) is 0 Å². The van der Waals surface area contributed by atoms with Crippen molar-refractivity contribution in [3.8, 4) is 0 Å². The second-order valence-corrected chi connectivity index (χ2v) is 6.16. The summed E-state index contributed by atoms with van der Waals surface area (Å²) in [6.45, 7) is 6.65. The molecule has 1 unspecified atom stereocenters. The number of halogens is 1. The molecule has 1 aliphatic rings. The molecular formula is C17H23ClN4O2. The molecule has 7 heteroatoms. The Morgan fingerprint density at radius 1 is 1.42 bits per heavy atom. The predicted octanol–water partition coefficient (Wildman–Crippen LogP) is 1.34. The van der Waals surface area contributed by atoms with Crippen molar-refractivity contribution in [3.63, 3.8) is 0 Å². The van der Waals surface area contributed by atoms with Crippen molar-refractivity contribution >= 4 is 29.2 Å². The topological polar surface area (TPSA) is 67.2 Å². The van der Waals surface area contributed by atoms with Gasteiger partial charge in [-0.05, 0) is 25.5 Å². The van der Waals surface area contributed by atoms with Gasteiger partial charge in [-0.15, -0.1) is 12.4 Å². The van der Waals surface area contributed by atoms with Crippen molar-refractivity contribution in [1.82, 2.24) is 19.8 Å². The van der Waals surface area contributed by atoms with Crippen LogP contribution in [0.4, 0.5) is 0 Å². The summed E-state index contributed by atoms with van der Waals surface area (Å²) >= 11 is 0. The Labute approximate surface area is 147 Å². The number of benzene rings is 1. The van der Waals surface area contributed by atoms with E-state index in [0.717, 1.165) is 30.7 Å². The van der Waals surface area contributed by atoms with Gasteiger partial charge in [0.25, 0.3) is 5.56 Å². The molecule has 1 atom stereocenters. The molecule has 0 saturated carbocycles. The predicted molar refractivity (Wildman–Crippen MR) is 96.6 cm³/mol. The number of hydrogen-bond acceptors (Lipinski definition) is 4. The normalized spacial score (nSPS) is 17.6. The number of hydrogen-bond donors (Lipinski definition) is 1. The Morgan fingerprint density at radius 2 is 2.21 bits per heavy atom. The smallest absolute Gasteiger partial charge is 0.261 e. The Kier molecular flexibility index (Phi) is 5.96. The zero-order chi connectivity index (χ0) is 16.4. The Bertz CT molecular complexity index is 790. The standard InChI is InChI=1S/C17H22N4O2.ClH/c1-12-4-3-5-14-16(12)19-11-21(17(14)23)8-6-15(22)20-9-7-18-13(2)10-20;/h3-5,11,13,18H,6-10H2,1-2H3;1H. The molecule has 6 nitrogen and oxygen atoms in total. The molecule has 1 fully saturated rings. The second-order valence-electron chi connectivity index (χ2n) is 6.16. The summed E-state index contributed by atoms with van der Waals surface area (Å²) < 4.78 is 1.53. The lowest BCUT2D eigenvalue weighted by Crippen LogP contribution is -2.51. The van der Waals surface area contributed by atoms with E-state index in [9.17, 15) is 9.59 Å². The van der Waals surface area contributed by atoms with E-state index >= 15 is 0 Å². The number of fused-ring (bicyclic) bond motifs is 1. The van der Waals surface area contributed by atoms with Gasteiger partial charge in [0, 0.05) is 38.6 Å². The molecular weight excluding hydrogens is 328 g/mol. The molecule has 1 saturated heterocycles. The van der Waals surface area contributed by atoms with E-state index in [0.29, 0.717) is 24.4 Å². The lowest BCUT2D eigenvalue weighted by Gasteiger charge is -2.32. The van der Waals surface area contributed by atoms with E-state index in [4.69, 9.17) is 0 Å². The molecule has 3 rings (SSSR count). The number of aryl methyl sites for hydroxylation is 2. The van der Waals surface area contributed by atoms with Gasteiger partial charge in [-0.1, -0.05) is 12.1 Å². The highest BCUT2D eigenvalue weighted by Crippen LogP contribution is 2.11. The van der Waals surface area contributed by atoms with Crippen LogP contribution in [0, 0.1) is 6.92 Å². The first-order valence-electron chi connectivity index (χ1n) is 8.02. The summed E-state index contributed by atoms with van der Waals surface area (Å²) in [5, 5.41) is 3.92. The van der Waals surface area contributed by atoms with Crippen molar-refractivity contribution in [2.24, 2.45) is 0 Å². The number of amides is 1. The molecule has 1 aliphatic heterocycles. The molecule has 0 bridgehead atoms. The lowest BCUT2D eigenvalue weighted by molar-refractivity contribution is -0.132. The summed E-state index contributed by atoms with van der Waals surface area (Å²) in [6, 6.07) is 5.90. The van der Waals surface area contributed by atoms with Crippen LogP contribution in [0.1, 0.15) is 18.9 Å². The number of aromatic nitrogens is 2. The fourth-order valence-electron chi connectivity index (χ4n) is 3.03. The molecule has 1 aromatic carbocycles. The van der Waals surface area contributed by atoms with E-state index in [1.54, 1.807) is 12.4 Å². The highest BCUT2D eigenvalue weighted by molar-refractivity contribution is 5.85. The molecule has 1 amide bonds. The maximum Gasteiger partial charge on any atom is 0.261 e. The third kappa shape index (κ3) is 3.76. The highest BCUT2D eigenvalue weighted by Gasteiger charge is 2.20. The van der Waals surface area contributed by atoms with Gasteiger partial charge in [0.05, 0.1) is 17.2 Å². The molecule has 130 valence electrons. The van der Waals surface area contributed by atoms with Gasteiger partial charge in [-0.3, -0.25) is 14.2 Å². The molecule has 1 aromatic heterocycles. The third-order valence-corrected chi connectivity index (χ3v) is 4.34. The van der Waals surface area contributed by atoms with Crippen LogP contribution in [0.5, 0.6) is 0 Å². The summed E-state index contributed by atoms with van der Waals surface area (Å²) in [6.07, 6.45) is 1.87. The van der Waals surface area contributed by atoms with Crippen molar-refractivity contribution in [2.75, 3.05) is 19.6 Å². The third-order valence-electron chi connectivity index (χ3n) is 4.34. The minimum Gasteiger partial charge on any atom is -0.340 e. The number of piperazine rings is 1.